The van der Waals surface area contributed by atoms with E-state index in [4.69, 9.17) is 10.5 Å². The second-order valence-corrected chi connectivity index (χ2v) is 8.87. The first-order valence-electron chi connectivity index (χ1n) is 11.9. The predicted octanol–water partition coefficient (Wildman–Crippen LogP) is 5.23. The minimum Gasteiger partial charge on any atom is -0.489 e. The number of hydrogen-bond donors (Lipinski definition) is 1. The Hall–Kier alpha value is -4.06. The molecule has 0 saturated carbocycles. The molecule has 3 aromatic carbocycles. The molecule has 0 aliphatic heterocycles. The molecule has 0 atom stereocenters. The average molecular weight is 470 g/mol. The Kier molecular flexibility index (Phi) is 7.20. The second kappa shape index (κ2) is 10.5. The fraction of sp³-hybridized carbons (Fsp3) is 0.241. The lowest BCUT2D eigenvalue weighted by Crippen LogP contribution is -2.40. The van der Waals surface area contributed by atoms with Crippen LogP contribution >= 0.6 is 0 Å². The van der Waals surface area contributed by atoms with Crippen molar-refractivity contribution in [2.75, 3.05) is 11.4 Å². The first-order valence-corrected chi connectivity index (χ1v) is 11.9. The molecule has 0 spiro atoms. The number of carbonyl (C=O) groups excluding carboxylic acids is 2. The standard InChI is InChI=1S/C29H31N3O3/c1-4-32(29(34)28(30)33)26-12-8-11-25-23(26)15-16-31(25)18-22-13-14-27(24(17-22)20(2)3)35-19-21-9-6-5-7-10-21/h5-17,20H,4,18-19H2,1-3H3,(H2,30,33). The van der Waals surface area contributed by atoms with Crippen molar-refractivity contribution in [2.24, 2.45) is 5.73 Å². The normalized spacial score (nSPS) is 11.1. The molecular formula is C29H31N3O3. The molecule has 0 aliphatic carbocycles. The number of carbonyl (C=O) groups is 2. The first kappa shape index (κ1) is 24.1. The Balaban J connectivity index is 1.61. The van der Waals surface area contributed by atoms with E-state index < -0.39 is 11.8 Å². The molecule has 0 fully saturated rings. The molecule has 1 aromatic heterocycles. The van der Waals surface area contributed by atoms with Crippen molar-refractivity contribution < 1.29 is 14.3 Å². The topological polar surface area (TPSA) is 77.6 Å². The molecule has 4 aromatic rings. The molecule has 2 amide bonds. The lowest BCUT2D eigenvalue weighted by Gasteiger charge is -2.20. The van der Waals surface area contributed by atoms with Gasteiger partial charge >= 0.3 is 11.8 Å². The molecule has 4 rings (SSSR count). The van der Waals surface area contributed by atoms with Crippen molar-refractivity contribution >= 4 is 28.4 Å². The third-order valence-corrected chi connectivity index (χ3v) is 6.14. The van der Waals surface area contributed by atoms with Crippen molar-refractivity contribution in [3.63, 3.8) is 0 Å². The number of primary amides is 1. The van der Waals surface area contributed by atoms with E-state index in [1.54, 1.807) is 0 Å². The van der Waals surface area contributed by atoms with Crippen molar-refractivity contribution in [2.45, 2.75) is 39.8 Å². The molecule has 0 unspecified atom stereocenters. The number of benzene rings is 3. The summed E-state index contributed by atoms with van der Waals surface area (Å²) in [6, 6.07) is 24.2. The van der Waals surface area contributed by atoms with Gasteiger partial charge in [0.2, 0.25) is 0 Å². The van der Waals surface area contributed by atoms with Gasteiger partial charge in [0.05, 0.1) is 11.2 Å². The zero-order chi connectivity index (χ0) is 24.9. The summed E-state index contributed by atoms with van der Waals surface area (Å²) in [4.78, 5) is 25.3. The molecule has 0 saturated heterocycles. The number of rotatable bonds is 8. The fourth-order valence-corrected chi connectivity index (χ4v) is 4.35. The molecule has 0 radical (unpaired) electrons. The van der Waals surface area contributed by atoms with E-state index >= 15 is 0 Å². The Bertz CT molecular complexity index is 1340. The highest BCUT2D eigenvalue weighted by Gasteiger charge is 2.21. The van der Waals surface area contributed by atoms with Crippen LogP contribution in [-0.4, -0.2) is 22.9 Å². The summed E-state index contributed by atoms with van der Waals surface area (Å²) in [5.41, 5.74) is 10.4. The quantitative estimate of drug-likeness (QED) is 0.359. The first-order chi connectivity index (χ1) is 16.9. The zero-order valence-corrected chi connectivity index (χ0v) is 20.4. The number of aromatic nitrogens is 1. The van der Waals surface area contributed by atoms with Gasteiger partial charge in [-0.1, -0.05) is 62.4 Å². The van der Waals surface area contributed by atoms with Gasteiger partial charge < -0.3 is 19.9 Å². The molecule has 0 bridgehead atoms. The van der Waals surface area contributed by atoms with Crippen LogP contribution in [0, 0.1) is 0 Å². The summed E-state index contributed by atoms with van der Waals surface area (Å²) in [6.45, 7) is 7.71. The van der Waals surface area contributed by atoms with Crippen LogP contribution in [0.5, 0.6) is 5.75 Å². The van der Waals surface area contributed by atoms with Gasteiger partial charge in [-0.05, 0) is 53.8 Å². The van der Waals surface area contributed by atoms with E-state index in [1.807, 2.05) is 55.6 Å². The van der Waals surface area contributed by atoms with Gasteiger partial charge in [-0.25, -0.2) is 0 Å². The Labute approximate surface area is 205 Å². The highest BCUT2D eigenvalue weighted by Crippen LogP contribution is 2.31. The maximum absolute atomic E-state index is 12.3. The summed E-state index contributed by atoms with van der Waals surface area (Å²) in [5.74, 6) is -0.457. The van der Waals surface area contributed by atoms with Crippen LogP contribution in [0.25, 0.3) is 10.9 Å². The van der Waals surface area contributed by atoms with E-state index in [2.05, 4.69) is 48.7 Å². The van der Waals surface area contributed by atoms with Crippen molar-refractivity contribution in [3.8, 4) is 5.75 Å². The number of amides is 2. The zero-order valence-electron chi connectivity index (χ0n) is 20.4. The van der Waals surface area contributed by atoms with Gasteiger partial charge in [-0.3, -0.25) is 9.59 Å². The Morgan fingerprint density at radius 3 is 2.43 bits per heavy atom. The number of hydrogen-bond acceptors (Lipinski definition) is 3. The highest BCUT2D eigenvalue weighted by atomic mass is 16.5. The van der Waals surface area contributed by atoms with Crippen LogP contribution in [0.15, 0.2) is 79.0 Å². The molecule has 1 heterocycles. The fourth-order valence-electron chi connectivity index (χ4n) is 4.35. The van der Waals surface area contributed by atoms with E-state index in [-0.39, 0.29) is 0 Å². The molecule has 2 N–H and O–H groups in total. The SMILES string of the molecule is CCN(C(=O)C(N)=O)c1cccc2c1ccn2Cc1ccc(OCc2ccccc2)c(C(C)C)c1. The van der Waals surface area contributed by atoms with Crippen LogP contribution in [-0.2, 0) is 22.7 Å². The number of nitrogens with two attached hydrogens (primary N) is 1. The molecular weight excluding hydrogens is 438 g/mol. The third kappa shape index (κ3) is 5.22. The maximum Gasteiger partial charge on any atom is 0.316 e. The van der Waals surface area contributed by atoms with Gasteiger partial charge in [0.25, 0.3) is 0 Å². The van der Waals surface area contributed by atoms with E-state index in [1.165, 1.54) is 10.5 Å². The van der Waals surface area contributed by atoms with Crippen LogP contribution < -0.4 is 15.4 Å². The maximum atomic E-state index is 12.3. The molecule has 6 heteroatoms. The lowest BCUT2D eigenvalue weighted by atomic mass is 9.99. The third-order valence-electron chi connectivity index (χ3n) is 6.14. The number of ether oxygens (including phenoxy) is 1. The molecule has 180 valence electrons. The summed E-state index contributed by atoms with van der Waals surface area (Å²) in [5, 5.41) is 0.899. The minimum atomic E-state index is -0.959. The van der Waals surface area contributed by atoms with Crippen LogP contribution in [0.1, 0.15) is 43.4 Å². The van der Waals surface area contributed by atoms with Gasteiger partial charge in [0.1, 0.15) is 12.4 Å². The minimum absolute atomic E-state index is 0.312. The van der Waals surface area contributed by atoms with Gasteiger partial charge in [-0.15, -0.1) is 0 Å². The highest BCUT2D eigenvalue weighted by molar-refractivity contribution is 6.40. The van der Waals surface area contributed by atoms with E-state index in [9.17, 15) is 9.59 Å². The number of nitrogens with zero attached hydrogens (tertiary/aromatic N) is 2. The van der Waals surface area contributed by atoms with Crippen molar-refractivity contribution in [3.05, 3.63) is 95.7 Å². The summed E-state index contributed by atoms with van der Waals surface area (Å²) < 4.78 is 8.30. The Morgan fingerprint density at radius 2 is 1.74 bits per heavy atom. The average Bonchev–Trinajstić information content (AvgIpc) is 3.27. The summed E-state index contributed by atoms with van der Waals surface area (Å²) in [6.07, 6.45) is 2.01. The molecule has 0 aliphatic rings. The van der Waals surface area contributed by atoms with Gasteiger partial charge in [0, 0.05) is 24.7 Å². The summed E-state index contributed by atoms with van der Waals surface area (Å²) >= 11 is 0. The lowest BCUT2D eigenvalue weighted by molar-refractivity contribution is -0.135. The van der Waals surface area contributed by atoms with Crippen LogP contribution in [0.4, 0.5) is 5.69 Å². The number of fused-ring (bicyclic) bond motifs is 1. The van der Waals surface area contributed by atoms with Crippen molar-refractivity contribution in [1.82, 2.24) is 4.57 Å². The molecule has 6 nitrogen and oxygen atoms in total. The predicted molar refractivity (Wildman–Crippen MR) is 140 cm³/mol. The largest absolute Gasteiger partial charge is 0.489 e. The van der Waals surface area contributed by atoms with E-state index in [0.717, 1.165) is 27.8 Å². The van der Waals surface area contributed by atoms with Gasteiger partial charge in [0.15, 0.2) is 0 Å². The van der Waals surface area contributed by atoms with E-state index in [0.29, 0.717) is 31.3 Å². The summed E-state index contributed by atoms with van der Waals surface area (Å²) in [7, 11) is 0. The second-order valence-electron chi connectivity index (χ2n) is 8.87. The van der Waals surface area contributed by atoms with Crippen LogP contribution in [0.2, 0.25) is 0 Å². The van der Waals surface area contributed by atoms with Crippen molar-refractivity contribution in [1.29, 1.82) is 0 Å². The number of anilines is 1. The smallest absolute Gasteiger partial charge is 0.316 e. The van der Waals surface area contributed by atoms with Crippen LogP contribution in [0.3, 0.4) is 0 Å². The monoisotopic (exact) mass is 469 g/mol. The Morgan fingerprint density at radius 1 is 0.971 bits per heavy atom. The number of likely N-dealkylation sites (N-methyl/N-ethyl adjacent to an activating group) is 1. The van der Waals surface area contributed by atoms with Gasteiger partial charge in [-0.2, -0.15) is 0 Å². The molecule has 35 heavy (non-hydrogen) atoms.